The van der Waals surface area contributed by atoms with E-state index >= 15 is 0 Å². The number of aromatic nitrogens is 1. The zero-order chi connectivity index (χ0) is 12.4. The minimum atomic E-state index is -0.590. The molecule has 1 aliphatic heterocycles. The van der Waals surface area contributed by atoms with Crippen LogP contribution >= 0.6 is 0 Å². The van der Waals surface area contributed by atoms with Crippen molar-refractivity contribution in [3.63, 3.8) is 0 Å². The first-order valence-corrected chi connectivity index (χ1v) is 5.69. The van der Waals surface area contributed by atoms with Crippen molar-refractivity contribution in [1.29, 1.82) is 0 Å². The number of hydrogen-bond acceptors (Lipinski definition) is 4. The highest BCUT2D eigenvalue weighted by Crippen LogP contribution is 2.24. The van der Waals surface area contributed by atoms with Crippen molar-refractivity contribution in [2.45, 2.75) is 32.2 Å². The summed E-state index contributed by atoms with van der Waals surface area (Å²) in [6.45, 7) is 0.596. The average molecular weight is 237 g/mol. The summed E-state index contributed by atoms with van der Waals surface area (Å²) in [7, 11) is 1.26. The largest absolute Gasteiger partial charge is 0.507 e. The number of ether oxygens (including phenoxy) is 1. The molecule has 0 spiro atoms. The maximum atomic E-state index is 11.8. The zero-order valence-electron chi connectivity index (χ0n) is 9.73. The third kappa shape index (κ3) is 2.05. The first-order valence-electron chi connectivity index (χ1n) is 5.69. The molecule has 0 amide bonds. The number of esters is 1. The van der Waals surface area contributed by atoms with E-state index in [1.807, 2.05) is 0 Å². The molecule has 17 heavy (non-hydrogen) atoms. The van der Waals surface area contributed by atoms with E-state index in [0.29, 0.717) is 18.7 Å². The van der Waals surface area contributed by atoms with E-state index in [1.54, 1.807) is 4.57 Å². The molecule has 5 nitrogen and oxygen atoms in total. The molecule has 0 aliphatic carbocycles. The van der Waals surface area contributed by atoms with Crippen molar-refractivity contribution >= 4 is 5.97 Å². The molecule has 1 N–H and O–H groups in total. The van der Waals surface area contributed by atoms with E-state index in [-0.39, 0.29) is 16.9 Å². The van der Waals surface area contributed by atoms with Gasteiger partial charge in [-0.1, -0.05) is 6.42 Å². The van der Waals surface area contributed by atoms with Crippen LogP contribution in [0.5, 0.6) is 5.75 Å². The second-order valence-corrected chi connectivity index (χ2v) is 4.14. The van der Waals surface area contributed by atoms with Gasteiger partial charge in [0.1, 0.15) is 11.3 Å². The number of aromatic hydroxyl groups is 1. The SMILES string of the molecule is COC(=O)c1c(O)cc(=O)n2c1CCCCC2. The van der Waals surface area contributed by atoms with E-state index in [4.69, 9.17) is 0 Å². The van der Waals surface area contributed by atoms with Gasteiger partial charge in [-0.15, -0.1) is 0 Å². The average Bonchev–Trinajstić information content (AvgIpc) is 2.54. The molecule has 1 aliphatic rings. The van der Waals surface area contributed by atoms with E-state index in [0.717, 1.165) is 25.3 Å². The van der Waals surface area contributed by atoms with Gasteiger partial charge >= 0.3 is 5.97 Å². The van der Waals surface area contributed by atoms with Gasteiger partial charge in [0, 0.05) is 18.3 Å². The summed E-state index contributed by atoms with van der Waals surface area (Å²) in [6, 6.07) is 1.08. The summed E-state index contributed by atoms with van der Waals surface area (Å²) in [4.78, 5) is 23.4. The molecule has 0 fully saturated rings. The number of fused-ring (bicyclic) bond motifs is 1. The van der Waals surface area contributed by atoms with Gasteiger partial charge in [0.05, 0.1) is 7.11 Å². The number of methoxy groups -OCH3 is 1. The molecule has 0 saturated heterocycles. The lowest BCUT2D eigenvalue weighted by atomic mass is 10.1. The van der Waals surface area contributed by atoms with Crippen LogP contribution in [0.3, 0.4) is 0 Å². The molecule has 0 unspecified atom stereocenters. The first kappa shape index (κ1) is 11.7. The summed E-state index contributed by atoms with van der Waals surface area (Å²) in [5.41, 5.74) is 0.473. The first-order chi connectivity index (χ1) is 8.15. The predicted octanol–water partition coefficient (Wildman–Crippen LogP) is 1.07. The molecule has 0 saturated carbocycles. The van der Waals surface area contributed by atoms with E-state index in [2.05, 4.69) is 4.74 Å². The molecular weight excluding hydrogens is 222 g/mol. The number of pyridine rings is 1. The maximum absolute atomic E-state index is 11.8. The molecule has 5 heteroatoms. The number of carbonyl (C=O) groups is 1. The Morgan fingerprint density at radius 1 is 1.41 bits per heavy atom. The highest BCUT2D eigenvalue weighted by molar-refractivity contribution is 5.93. The lowest BCUT2D eigenvalue weighted by Crippen LogP contribution is -2.25. The fourth-order valence-corrected chi connectivity index (χ4v) is 2.25. The van der Waals surface area contributed by atoms with Crippen LogP contribution < -0.4 is 5.56 Å². The van der Waals surface area contributed by atoms with Gasteiger partial charge in [0.2, 0.25) is 0 Å². The van der Waals surface area contributed by atoms with Gasteiger partial charge in [0.25, 0.3) is 5.56 Å². The van der Waals surface area contributed by atoms with Crippen LogP contribution in [0.2, 0.25) is 0 Å². The number of nitrogens with zero attached hydrogens (tertiary/aromatic N) is 1. The van der Waals surface area contributed by atoms with Crippen LogP contribution in [0.25, 0.3) is 0 Å². The standard InChI is InChI=1S/C12H15NO4/c1-17-12(16)11-8-5-3-2-4-6-13(8)10(15)7-9(11)14/h7,14H,2-6H2,1H3. The molecular formula is C12H15NO4. The third-order valence-corrected chi connectivity index (χ3v) is 3.08. The molecule has 92 valence electrons. The lowest BCUT2D eigenvalue weighted by molar-refractivity contribution is 0.0594. The van der Waals surface area contributed by atoms with Crippen molar-refractivity contribution in [3.8, 4) is 5.75 Å². The van der Waals surface area contributed by atoms with Crippen molar-refractivity contribution in [2.24, 2.45) is 0 Å². The van der Waals surface area contributed by atoms with Gasteiger partial charge in [-0.05, 0) is 19.3 Å². The van der Waals surface area contributed by atoms with Crippen molar-refractivity contribution in [2.75, 3.05) is 7.11 Å². The topological polar surface area (TPSA) is 68.5 Å². The van der Waals surface area contributed by atoms with Crippen LogP contribution in [0, 0.1) is 0 Å². The Kier molecular flexibility index (Phi) is 3.17. The molecule has 0 radical (unpaired) electrons. The summed E-state index contributed by atoms with van der Waals surface area (Å²) in [6.07, 6.45) is 3.46. The van der Waals surface area contributed by atoms with Crippen molar-refractivity contribution < 1.29 is 14.6 Å². The Balaban J connectivity index is 2.66. The van der Waals surface area contributed by atoms with Crippen LogP contribution in [0.15, 0.2) is 10.9 Å². The van der Waals surface area contributed by atoms with E-state index in [9.17, 15) is 14.7 Å². The summed E-state index contributed by atoms with van der Waals surface area (Å²) < 4.78 is 6.22. The highest BCUT2D eigenvalue weighted by Gasteiger charge is 2.22. The molecule has 1 aromatic heterocycles. The van der Waals surface area contributed by atoms with E-state index in [1.165, 1.54) is 7.11 Å². The number of rotatable bonds is 1. The maximum Gasteiger partial charge on any atom is 0.343 e. The minimum absolute atomic E-state index is 0.133. The molecule has 2 heterocycles. The Labute approximate surface area is 98.6 Å². The molecule has 0 bridgehead atoms. The summed E-state index contributed by atoms with van der Waals surface area (Å²) in [5.74, 6) is -0.872. The fourth-order valence-electron chi connectivity index (χ4n) is 2.25. The van der Waals surface area contributed by atoms with Crippen molar-refractivity contribution in [3.05, 3.63) is 27.7 Å². The van der Waals surface area contributed by atoms with Crippen LogP contribution in [0.1, 0.15) is 35.3 Å². The molecule has 0 atom stereocenters. The van der Waals surface area contributed by atoms with Gasteiger partial charge in [0.15, 0.2) is 0 Å². The Morgan fingerprint density at radius 3 is 2.88 bits per heavy atom. The zero-order valence-corrected chi connectivity index (χ0v) is 9.73. The Bertz CT molecular complexity index is 504. The van der Waals surface area contributed by atoms with Gasteiger partial charge in [-0.25, -0.2) is 4.79 Å². The van der Waals surface area contributed by atoms with Gasteiger partial charge in [-0.2, -0.15) is 0 Å². The molecule has 2 rings (SSSR count). The number of carbonyl (C=O) groups excluding carboxylic acids is 1. The highest BCUT2D eigenvalue weighted by atomic mass is 16.5. The Morgan fingerprint density at radius 2 is 2.18 bits per heavy atom. The van der Waals surface area contributed by atoms with Gasteiger partial charge < -0.3 is 14.4 Å². The van der Waals surface area contributed by atoms with Gasteiger partial charge in [-0.3, -0.25) is 4.79 Å². The van der Waals surface area contributed by atoms with Crippen LogP contribution in [-0.4, -0.2) is 22.8 Å². The van der Waals surface area contributed by atoms with Crippen molar-refractivity contribution in [1.82, 2.24) is 4.57 Å². The summed E-state index contributed by atoms with van der Waals surface area (Å²) >= 11 is 0. The quantitative estimate of drug-likeness (QED) is 0.742. The monoisotopic (exact) mass is 237 g/mol. The van der Waals surface area contributed by atoms with Crippen LogP contribution in [0.4, 0.5) is 0 Å². The second kappa shape index (κ2) is 4.61. The Hall–Kier alpha value is -1.78. The van der Waals surface area contributed by atoms with Crippen LogP contribution in [-0.2, 0) is 17.7 Å². The smallest absolute Gasteiger partial charge is 0.343 e. The normalized spacial score (nSPS) is 14.9. The van der Waals surface area contributed by atoms with E-state index < -0.39 is 5.97 Å². The molecule has 1 aromatic rings. The summed E-state index contributed by atoms with van der Waals surface area (Å²) in [5, 5.41) is 9.73. The predicted molar refractivity (Wildman–Crippen MR) is 61.3 cm³/mol. The second-order valence-electron chi connectivity index (χ2n) is 4.14. The lowest BCUT2D eigenvalue weighted by Gasteiger charge is -2.14. The third-order valence-electron chi connectivity index (χ3n) is 3.08. The number of hydrogen-bond donors (Lipinski definition) is 1. The fraction of sp³-hybridized carbons (Fsp3) is 0.500. The molecule has 0 aromatic carbocycles. The minimum Gasteiger partial charge on any atom is -0.507 e.